The maximum atomic E-state index is 13.6. The second-order valence-electron chi connectivity index (χ2n) is 9.15. The van der Waals surface area contributed by atoms with Gasteiger partial charge in [0.25, 0.3) is 11.8 Å². The molecule has 35 heavy (non-hydrogen) atoms. The minimum absolute atomic E-state index is 0.0420. The Hall–Kier alpha value is -3.06. The van der Waals surface area contributed by atoms with Crippen molar-refractivity contribution in [1.82, 2.24) is 15.1 Å². The fourth-order valence-corrected chi connectivity index (χ4v) is 5.21. The molecule has 0 saturated carbocycles. The lowest BCUT2D eigenvalue weighted by molar-refractivity contribution is -0.136. The van der Waals surface area contributed by atoms with Gasteiger partial charge in [0.2, 0.25) is 5.91 Å². The number of likely N-dealkylation sites (tertiary alicyclic amines) is 2. The fraction of sp³-hybridized carbons (Fsp3) is 0.444. The maximum Gasteiger partial charge on any atom is 0.257 e. The van der Waals surface area contributed by atoms with E-state index in [1.165, 1.54) is 0 Å². The van der Waals surface area contributed by atoms with E-state index >= 15 is 0 Å². The molecule has 2 saturated heterocycles. The lowest BCUT2D eigenvalue weighted by Gasteiger charge is -2.38. The Balaban J connectivity index is 1.48. The molecule has 2 aliphatic rings. The summed E-state index contributed by atoms with van der Waals surface area (Å²) in [5.41, 5.74) is 0.885. The summed E-state index contributed by atoms with van der Waals surface area (Å²) in [5, 5.41) is 3.35. The van der Waals surface area contributed by atoms with Crippen LogP contribution in [0.5, 0.6) is 5.75 Å². The smallest absolute Gasteiger partial charge is 0.257 e. The van der Waals surface area contributed by atoms with Gasteiger partial charge in [0.15, 0.2) is 0 Å². The Labute approximate surface area is 211 Å². The average Bonchev–Trinajstić information content (AvgIpc) is 2.91. The molecule has 2 aromatic rings. The number of para-hydroxylation sites is 1. The highest BCUT2D eigenvalue weighted by molar-refractivity contribution is 6.33. The summed E-state index contributed by atoms with van der Waals surface area (Å²) in [7, 11) is 1.55. The third kappa shape index (κ3) is 5.78. The summed E-state index contributed by atoms with van der Waals surface area (Å²) in [6, 6.07) is 13.4. The van der Waals surface area contributed by atoms with E-state index in [1.807, 2.05) is 17.0 Å². The van der Waals surface area contributed by atoms with Crippen molar-refractivity contribution < 1.29 is 19.1 Å². The topological polar surface area (TPSA) is 79.0 Å². The van der Waals surface area contributed by atoms with Crippen molar-refractivity contribution in [3.8, 4) is 5.75 Å². The van der Waals surface area contributed by atoms with E-state index in [0.717, 1.165) is 19.3 Å². The molecule has 0 aromatic heterocycles. The lowest BCUT2D eigenvalue weighted by Crippen LogP contribution is -2.55. The van der Waals surface area contributed by atoms with Crippen LogP contribution in [0.4, 0.5) is 0 Å². The van der Waals surface area contributed by atoms with Gasteiger partial charge in [-0.25, -0.2) is 0 Å². The molecule has 1 atom stereocenters. The van der Waals surface area contributed by atoms with E-state index in [4.69, 9.17) is 16.3 Å². The van der Waals surface area contributed by atoms with Crippen molar-refractivity contribution >= 4 is 29.3 Å². The Kier molecular flexibility index (Phi) is 8.29. The van der Waals surface area contributed by atoms with Crippen LogP contribution in [0.3, 0.4) is 0 Å². The number of methoxy groups -OCH3 is 1. The SMILES string of the molecule is COc1ccccc1C(=O)N1CCC([C@@H](NC(=O)c2ccccc2Cl)C(=O)N2CCCCC2)CC1. The van der Waals surface area contributed by atoms with Gasteiger partial charge in [-0.05, 0) is 62.3 Å². The number of ether oxygens (including phenoxy) is 1. The maximum absolute atomic E-state index is 13.6. The molecule has 186 valence electrons. The van der Waals surface area contributed by atoms with Crippen LogP contribution in [0, 0.1) is 5.92 Å². The number of nitrogens with zero attached hydrogens (tertiary/aromatic N) is 2. The summed E-state index contributed by atoms with van der Waals surface area (Å²) in [6.45, 7) is 2.44. The Morgan fingerprint density at radius 2 is 1.51 bits per heavy atom. The van der Waals surface area contributed by atoms with Crippen LogP contribution in [0.15, 0.2) is 48.5 Å². The number of piperidine rings is 2. The van der Waals surface area contributed by atoms with Gasteiger partial charge in [-0.3, -0.25) is 14.4 Å². The van der Waals surface area contributed by atoms with Crippen LogP contribution in [0.2, 0.25) is 5.02 Å². The second kappa shape index (κ2) is 11.6. The first-order valence-electron chi connectivity index (χ1n) is 12.3. The van der Waals surface area contributed by atoms with Crippen LogP contribution < -0.4 is 10.1 Å². The number of hydrogen-bond donors (Lipinski definition) is 1. The van der Waals surface area contributed by atoms with Gasteiger partial charge >= 0.3 is 0 Å². The molecule has 4 rings (SSSR count). The zero-order valence-corrected chi connectivity index (χ0v) is 20.8. The number of amides is 3. The van der Waals surface area contributed by atoms with Crippen LogP contribution in [0.25, 0.3) is 0 Å². The first-order valence-corrected chi connectivity index (χ1v) is 12.6. The highest BCUT2D eigenvalue weighted by Crippen LogP contribution is 2.27. The first-order chi connectivity index (χ1) is 17.0. The molecule has 3 amide bonds. The van der Waals surface area contributed by atoms with Crippen molar-refractivity contribution in [3.63, 3.8) is 0 Å². The first kappa shape index (κ1) is 25.0. The quantitative estimate of drug-likeness (QED) is 0.654. The highest BCUT2D eigenvalue weighted by Gasteiger charge is 2.37. The standard InChI is InChI=1S/C27H32ClN3O4/c1-35-23-12-6-4-10-21(23)26(33)31-17-13-19(14-18-31)24(27(34)30-15-7-2-8-16-30)29-25(32)20-9-3-5-11-22(20)28/h3-6,9-12,19,24H,2,7-8,13-18H2,1H3,(H,29,32)/t24-/m1/s1. The normalized spacial score (nSPS) is 17.5. The molecule has 0 bridgehead atoms. The van der Waals surface area contributed by atoms with E-state index in [-0.39, 0.29) is 23.6 Å². The summed E-state index contributed by atoms with van der Waals surface area (Å²) in [4.78, 5) is 43.4. The molecule has 0 radical (unpaired) electrons. The largest absolute Gasteiger partial charge is 0.496 e. The molecule has 8 heteroatoms. The number of carbonyl (C=O) groups excluding carboxylic acids is 3. The molecule has 2 aromatic carbocycles. The van der Waals surface area contributed by atoms with Crippen LogP contribution in [-0.4, -0.2) is 66.9 Å². The second-order valence-corrected chi connectivity index (χ2v) is 9.55. The van der Waals surface area contributed by atoms with Crippen molar-refractivity contribution in [3.05, 3.63) is 64.7 Å². The van der Waals surface area contributed by atoms with Crippen molar-refractivity contribution in [1.29, 1.82) is 0 Å². The number of benzene rings is 2. The van der Waals surface area contributed by atoms with E-state index in [2.05, 4.69) is 5.32 Å². The molecule has 1 N–H and O–H groups in total. The minimum atomic E-state index is -0.652. The molecular formula is C27H32ClN3O4. The molecule has 0 unspecified atom stereocenters. The summed E-state index contributed by atoms with van der Waals surface area (Å²) in [6.07, 6.45) is 4.30. The predicted octanol–water partition coefficient (Wildman–Crippen LogP) is 4.01. The van der Waals surface area contributed by atoms with E-state index in [1.54, 1.807) is 48.4 Å². The summed E-state index contributed by atoms with van der Waals surface area (Å²) in [5.74, 6) is 0.000341. The van der Waals surface area contributed by atoms with Gasteiger partial charge in [0, 0.05) is 26.2 Å². The number of nitrogens with one attached hydrogen (secondary N) is 1. The predicted molar refractivity (Wildman–Crippen MR) is 135 cm³/mol. The zero-order chi connectivity index (χ0) is 24.8. The molecule has 2 heterocycles. The van der Waals surface area contributed by atoms with Crippen LogP contribution in [-0.2, 0) is 4.79 Å². The third-order valence-corrected chi connectivity index (χ3v) is 7.30. The van der Waals surface area contributed by atoms with E-state index in [9.17, 15) is 14.4 Å². The highest BCUT2D eigenvalue weighted by atomic mass is 35.5. The molecule has 0 aliphatic carbocycles. The molecular weight excluding hydrogens is 466 g/mol. The van der Waals surface area contributed by atoms with Gasteiger partial charge in [-0.1, -0.05) is 35.9 Å². The summed E-state index contributed by atoms with van der Waals surface area (Å²) >= 11 is 6.24. The number of halogens is 1. The van der Waals surface area contributed by atoms with Crippen molar-refractivity contribution in [2.24, 2.45) is 5.92 Å². The molecule has 7 nitrogen and oxygen atoms in total. The monoisotopic (exact) mass is 497 g/mol. The fourth-order valence-electron chi connectivity index (χ4n) is 4.98. The van der Waals surface area contributed by atoms with E-state index in [0.29, 0.717) is 60.9 Å². The van der Waals surface area contributed by atoms with Crippen LogP contribution >= 0.6 is 11.6 Å². The Morgan fingerprint density at radius 3 is 2.17 bits per heavy atom. The molecule has 0 spiro atoms. The molecule has 2 fully saturated rings. The van der Waals surface area contributed by atoms with E-state index < -0.39 is 6.04 Å². The number of hydrogen-bond acceptors (Lipinski definition) is 4. The minimum Gasteiger partial charge on any atom is -0.496 e. The van der Waals surface area contributed by atoms with Gasteiger partial charge in [0.05, 0.1) is 23.3 Å². The Morgan fingerprint density at radius 1 is 0.886 bits per heavy atom. The zero-order valence-electron chi connectivity index (χ0n) is 20.0. The van der Waals surface area contributed by atoms with Gasteiger partial charge in [0.1, 0.15) is 11.8 Å². The van der Waals surface area contributed by atoms with Gasteiger partial charge in [-0.2, -0.15) is 0 Å². The Bertz CT molecular complexity index is 1060. The number of rotatable bonds is 6. The van der Waals surface area contributed by atoms with Crippen molar-refractivity contribution in [2.75, 3.05) is 33.3 Å². The molecule has 2 aliphatic heterocycles. The van der Waals surface area contributed by atoms with Crippen molar-refractivity contribution in [2.45, 2.75) is 38.1 Å². The van der Waals surface area contributed by atoms with Gasteiger partial charge in [-0.15, -0.1) is 0 Å². The average molecular weight is 498 g/mol. The number of carbonyl (C=O) groups is 3. The van der Waals surface area contributed by atoms with Crippen LogP contribution in [0.1, 0.15) is 52.8 Å². The van der Waals surface area contributed by atoms with Gasteiger partial charge < -0.3 is 19.9 Å². The lowest BCUT2D eigenvalue weighted by atomic mass is 9.87. The third-order valence-electron chi connectivity index (χ3n) is 6.97. The summed E-state index contributed by atoms with van der Waals surface area (Å²) < 4.78 is 5.35.